The van der Waals surface area contributed by atoms with Gasteiger partial charge in [0.1, 0.15) is 5.75 Å². The second-order valence-corrected chi connectivity index (χ2v) is 5.32. The van der Waals surface area contributed by atoms with Gasteiger partial charge in [0.2, 0.25) is 0 Å². The van der Waals surface area contributed by atoms with Gasteiger partial charge in [-0.25, -0.2) is 0 Å². The molecule has 22 heavy (non-hydrogen) atoms. The first kappa shape index (κ1) is 14.2. The van der Waals surface area contributed by atoms with Crippen LogP contribution in [0, 0.1) is 0 Å². The highest BCUT2D eigenvalue weighted by Crippen LogP contribution is 2.40. The van der Waals surface area contributed by atoms with Gasteiger partial charge in [-0.1, -0.05) is 6.07 Å². The first-order valence-corrected chi connectivity index (χ1v) is 7.13. The highest BCUT2D eigenvalue weighted by molar-refractivity contribution is 6.05. The van der Waals surface area contributed by atoms with E-state index in [0.29, 0.717) is 22.9 Å². The zero-order valence-corrected chi connectivity index (χ0v) is 12.0. The minimum Gasteiger partial charge on any atom is -0.484 e. The van der Waals surface area contributed by atoms with Crippen molar-refractivity contribution in [3.05, 3.63) is 47.8 Å². The van der Waals surface area contributed by atoms with E-state index in [1.807, 2.05) is 0 Å². The molecule has 0 atom stereocenters. The number of rotatable bonds is 6. The van der Waals surface area contributed by atoms with Crippen LogP contribution in [-0.4, -0.2) is 23.4 Å². The molecule has 1 aromatic carbocycles. The molecule has 3 rings (SSSR count). The Labute approximate surface area is 127 Å². The number of hydrogen-bond acceptors (Lipinski definition) is 3. The summed E-state index contributed by atoms with van der Waals surface area (Å²) in [6.07, 6.45) is 4.03. The van der Waals surface area contributed by atoms with E-state index in [9.17, 15) is 9.59 Å². The SMILES string of the molecule is NC(=O)COc1cccc(NC(=O)c2cc[nH]c2C2CC2)c1. The van der Waals surface area contributed by atoms with E-state index in [4.69, 9.17) is 10.5 Å². The van der Waals surface area contributed by atoms with Gasteiger partial charge in [0.05, 0.1) is 5.56 Å². The molecule has 1 aliphatic rings. The maximum Gasteiger partial charge on any atom is 0.257 e. The third-order valence-electron chi connectivity index (χ3n) is 3.48. The first-order chi connectivity index (χ1) is 10.6. The van der Waals surface area contributed by atoms with E-state index in [0.717, 1.165) is 18.5 Å². The second-order valence-electron chi connectivity index (χ2n) is 5.32. The number of primary amides is 1. The van der Waals surface area contributed by atoms with Gasteiger partial charge in [0.25, 0.3) is 11.8 Å². The van der Waals surface area contributed by atoms with Crippen LogP contribution in [0.4, 0.5) is 5.69 Å². The molecule has 1 heterocycles. The Kier molecular flexibility index (Phi) is 3.82. The number of H-pyrrole nitrogens is 1. The summed E-state index contributed by atoms with van der Waals surface area (Å²) >= 11 is 0. The molecule has 0 saturated heterocycles. The average Bonchev–Trinajstić information content (AvgIpc) is 3.22. The number of hydrogen-bond donors (Lipinski definition) is 3. The topological polar surface area (TPSA) is 97.2 Å². The lowest BCUT2D eigenvalue weighted by Gasteiger charge is -2.08. The molecule has 1 aromatic heterocycles. The predicted octanol–water partition coefficient (Wildman–Crippen LogP) is 2.01. The lowest BCUT2D eigenvalue weighted by atomic mass is 10.1. The molecular weight excluding hydrogens is 282 g/mol. The van der Waals surface area contributed by atoms with Gasteiger partial charge in [0.15, 0.2) is 6.61 Å². The van der Waals surface area contributed by atoms with Gasteiger partial charge in [-0.05, 0) is 37.0 Å². The number of anilines is 1. The number of amides is 2. The fraction of sp³-hybridized carbons (Fsp3) is 0.250. The summed E-state index contributed by atoms with van der Waals surface area (Å²) in [6.45, 7) is -0.193. The Bertz CT molecular complexity index is 704. The molecule has 114 valence electrons. The number of aromatic nitrogens is 1. The van der Waals surface area contributed by atoms with Gasteiger partial charge in [-0.2, -0.15) is 0 Å². The molecule has 1 aliphatic carbocycles. The van der Waals surface area contributed by atoms with E-state index in [2.05, 4.69) is 10.3 Å². The van der Waals surface area contributed by atoms with E-state index in [1.54, 1.807) is 36.5 Å². The molecule has 0 unspecified atom stereocenters. The van der Waals surface area contributed by atoms with E-state index in [-0.39, 0.29) is 12.5 Å². The zero-order valence-electron chi connectivity index (χ0n) is 12.0. The van der Waals surface area contributed by atoms with Crippen LogP contribution in [-0.2, 0) is 4.79 Å². The van der Waals surface area contributed by atoms with Gasteiger partial charge >= 0.3 is 0 Å². The number of benzene rings is 1. The smallest absolute Gasteiger partial charge is 0.257 e. The largest absolute Gasteiger partial charge is 0.484 e. The molecule has 1 saturated carbocycles. The fourth-order valence-corrected chi connectivity index (χ4v) is 2.31. The standard InChI is InChI=1S/C16H17N3O3/c17-14(20)9-22-12-3-1-2-11(8-12)19-16(21)13-6-7-18-15(13)10-4-5-10/h1-3,6-8,10,18H,4-5,9H2,(H2,17,20)(H,19,21). The van der Waals surface area contributed by atoms with Crippen molar-refractivity contribution in [3.63, 3.8) is 0 Å². The van der Waals surface area contributed by atoms with Crippen LogP contribution in [0.25, 0.3) is 0 Å². The van der Waals surface area contributed by atoms with Crippen molar-refractivity contribution in [2.24, 2.45) is 5.73 Å². The van der Waals surface area contributed by atoms with Gasteiger partial charge in [-0.15, -0.1) is 0 Å². The molecule has 4 N–H and O–H groups in total. The van der Waals surface area contributed by atoms with Gasteiger partial charge in [-0.3, -0.25) is 9.59 Å². The van der Waals surface area contributed by atoms with Crippen molar-refractivity contribution in [2.45, 2.75) is 18.8 Å². The minimum absolute atomic E-state index is 0.157. The van der Waals surface area contributed by atoms with Crippen molar-refractivity contribution in [2.75, 3.05) is 11.9 Å². The second kappa shape index (κ2) is 5.93. The van der Waals surface area contributed by atoms with Crippen LogP contribution in [0.2, 0.25) is 0 Å². The third-order valence-corrected chi connectivity index (χ3v) is 3.48. The van der Waals surface area contributed by atoms with Crippen molar-refractivity contribution in [1.29, 1.82) is 0 Å². The van der Waals surface area contributed by atoms with Crippen LogP contribution in [0.1, 0.15) is 34.8 Å². The molecule has 0 radical (unpaired) electrons. The Morgan fingerprint density at radius 3 is 2.86 bits per heavy atom. The summed E-state index contributed by atoms with van der Waals surface area (Å²) in [5.74, 6) is 0.250. The van der Waals surface area contributed by atoms with Crippen LogP contribution in [0.3, 0.4) is 0 Å². The highest BCUT2D eigenvalue weighted by Gasteiger charge is 2.29. The molecule has 0 bridgehead atoms. The summed E-state index contributed by atoms with van der Waals surface area (Å²) in [5, 5.41) is 2.84. The summed E-state index contributed by atoms with van der Waals surface area (Å²) in [5.41, 5.74) is 7.31. The Morgan fingerprint density at radius 2 is 2.14 bits per heavy atom. The Balaban J connectivity index is 1.69. The van der Waals surface area contributed by atoms with Crippen LogP contribution in [0.15, 0.2) is 36.5 Å². The quantitative estimate of drug-likeness (QED) is 0.761. The summed E-state index contributed by atoms with van der Waals surface area (Å²) in [4.78, 5) is 26.2. The molecule has 0 spiro atoms. The Hall–Kier alpha value is -2.76. The maximum atomic E-state index is 12.4. The monoisotopic (exact) mass is 299 g/mol. The molecule has 0 aliphatic heterocycles. The molecule has 2 amide bonds. The van der Waals surface area contributed by atoms with Crippen molar-refractivity contribution in [1.82, 2.24) is 4.98 Å². The van der Waals surface area contributed by atoms with E-state index < -0.39 is 5.91 Å². The highest BCUT2D eigenvalue weighted by atomic mass is 16.5. The van der Waals surface area contributed by atoms with Crippen LogP contribution in [0.5, 0.6) is 5.75 Å². The van der Waals surface area contributed by atoms with Crippen LogP contribution >= 0.6 is 0 Å². The van der Waals surface area contributed by atoms with Crippen molar-refractivity contribution < 1.29 is 14.3 Å². The molecule has 1 fully saturated rings. The number of nitrogens with two attached hydrogens (primary N) is 1. The number of carbonyl (C=O) groups excluding carboxylic acids is 2. The number of ether oxygens (including phenoxy) is 1. The maximum absolute atomic E-state index is 12.4. The third kappa shape index (κ3) is 3.28. The van der Waals surface area contributed by atoms with Gasteiger partial charge in [0, 0.05) is 23.6 Å². The molecular formula is C16H17N3O3. The number of nitrogens with one attached hydrogen (secondary N) is 2. The number of aromatic amines is 1. The van der Waals surface area contributed by atoms with Gasteiger partial charge < -0.3 is 20.8 Å². The normalized spacial score (nSPS) is 13.6. The number of carbonyl (C=O) groups is 2. The minimum atomic E-state index is -0.546. The van der Waals surface area contributed by atoms with Crippen LogP contribution < -0.4 is 15.8 Å². The Morgan fingerprint density at radius 1 is 1.32 bits per heavy atom. The fourth-order valence-electron chi connectivity index (χ4n) is 2.31. The lowest BCUT2D eigenvalue weighted by Crippen LogP contribution is -2.20. The average molecular weight is 299 g/mol. The van der Waals surface area contributed by atoms with E-state index in [1.165, 1.54) is 0 Å². The summed E-state index contributed by atoms with van der Waals surface area (Å²) < 4.78 is 5.22. The zero-order chi connectivity index (χ0) is 15.5. The summed E-state index contributed by atoms with van der Waals surface area (Å²) in [6, 6.07) is 8.65. The van der Waals surface area contributed by atoms with Crippen molar-refractivity contribution >= 4 is 17.5 Å². The van der Waals surface area contributed by atoms with Crippen molar-refractivity contribution in [3.8, 4) is 5.75 Å². The molecule has 6 heteroatoms. The molecule has 2 aromatic rings. The lowest BCUT2D eigenvalue weighted by molar-refractivity contribution is -0.119. The van der Waals surface area contributed by atoms with E-state index >= 15 is 0 Å². The molecule has 6 nitrogen and oxygen atoms in total. The predicted molar refractivity (Wildman–Crippen MR) is 81.9 cm³/mol. The first-order valence-electron chi connectivity index (χ1n) is 7.13. The summed E-state index contributed by atoms with van der Waals surface area (Å²) in [7, 11) is 0.